The first-order chi connectivity index (χ1) is 6.63. The molecule has 4 N–H and O–H groups in total. The molecule has 1 rings (SSSR count). The minimum atomic E-state index is -0.965. The Kier molecular flexibility index (Phi) is 3.12. The van der Waals surface area contributed by atoms with Crippen LogP contribution < -0.4 is 11.1 Å². The highest BCUT2D eigenvalue weighted by Crippen LogP contribution is 2.19. The van der Waals surface area contributed by atoms with E-state index in [9.17, 15) is 4.79 Å². The highest BCUT2D eigenvalue weighted by atomic mass is 16.4. The lowest BCUT2D eigenvalue weighted by atomic mass is 10.1. The van der Waals surface area contributed by atoms with Crippen molar-refractivity contribution < 1.29 is 9.90 Å². The summed E-state index contributed by atoms with van der Waals surface area (Å²) >= 11 is 0. The molecule has 0 spiro atoms. The molecule has 0 amide bonds. The molecule has 0 radical (unpaired) electrons. The predicted molar refractivity (Wildman–Crippen MR) is 57.1 cm³/mol. The van der Waals surface area contributed by atoms with E-state index in [4.69, 9.17) is 10.8 Å². The van der Waals surface area contributed by atoms with Gasteiger partial charge < -0.3 is 16.2 Å². The van der Waals surface area contributed by atoms with E-state index in [1.54, 1.807) is 25.2 Å². The fraction of sp³-hybridized carbons (Fsp3) is 0.100. The molecule has 1 aromatic rings. The lowest BCUT2D eigenvalue weighted by molar-refractivity contribution is -0.131. The number of hydrogen-bond acceptors (Lipinski definition) is 3. The van der Waals surface area contributed by atoms with Gasteiger partial charge in [-0.2, -0.15) is 0 Å². The van der Waals surface area contributed by atoms with Gasteiger partial charge >= 0.3 is 5.97 Å². The molecule has 4 heteroatoms. The van der Waals surface area contributed by atoms with Crippen LogP contribution in [-0.2, 0) is 4.79 Å². The largest absolute Gasteiger partial charge is 0.478 e. The molecule has 0 aromatic heterocycles. The van der Waals surface area contributed by atoms with Crippen LogP contribution >= 0.6 is 0 Å². The van der Waals surface area contributed by atoms with Crippen molar-refractivity contribution in [1.82, 2.24) is 0 Å². The average Bonchev–Trinajstić information content (AvgIpc) is 2.16. The summed E-state index contributed by atoms with van der Waals surface area (Å²) < 4.78 is 0. The van der Waals surface area contributed by atoms with Crippen LogP contribution in [0.5, 0.6) is 0 Å². The van der Waals surface area contributed by atoms with Gasteiger partial charge in [0.25, 0.3) is 0 Å². The van der Waals surface area contributed by atoms with Crippen molar-refractivity contribution >= 4 is 23.4 Å². The smallest absolute Gasteiger partial charge is 0.328 e. The Morgan fingerprint density at radius 3 is 2.86 bits per heavy atom. The molecule has 0 saturated carbocycles. The molecular formula is C10H12N2O2. The van der Waals surface area contributed by atoms with E-state index >= 15 is 0 Å². The van der Waals surface area contributed by atoms with Crippen LogP contribution in [0.2, 0.25) is 0 Å². The van der Waals surface area contributed by atoms with Crippen molar-refractivity contribution in [1.29, 1.82) is 0 Å². The maximum absolute atomic E-state index is 10.3. The topological polar surface area (TPSA) is 75.3 Å². The highest BCUT2D eigenvalue weighted by Gasteiger charge is 1.96. The Morgan fingerprint density at radius 1 is 1.57 bits per heavy atom. The Hall–Kier alpha value is -1.97. The van der Waals surface area contributed by atoms with Gasteiger partial charge in [0.1, 0.15) is 0 Å². The van der Waals surface area contributed by atoms with Gasteiger partial charge in [0, 0.05) is 13.1 Å². The maximum atomic E-state index is 10.3. The molecule has 0 heterocycles. The lowest BCUT2D eigenvalue weighted by Gasteiger charge is -2.04. The van der Waals surface area contributed by atoms with Gasteiger partial charge in [-0.3, -0.25) is 0 Å². The first-order valence-electron chi connectivity index (χ1n) is 4.12. The molecule has 0 unspecified atom stereocenters. The second kappa shape index (κ2) is 4.32. The average molecular weight is 192 g/mol. The van der Waals surface area contributed by atoms with Crippen molar-refractivity contribution in [2.45, 2.75) is 0 Å². The number of nitrogen functional groups attached to an aromatic ring is 1. The predicted octanol–water partition coefficient (Wildman–Crippen LogP) is 1.41. The SMILES string of the molecule is CNc1cc(/C=C/C(=O)O)ccc1N. The van der Waals surface area contributed by atoms with Gasteiger partial charge in [0.05, 0.1) is 11.4 Å². The van der Waals surface area contributed by atoms with E-state index in [2.05, 4.69) is 5.32 Å². The molecule has 0 aliphatic carbocycles. The quantitative estimate of drug-likeness (QED) is 0.500. The van der Waals surface area contributed by atoms with Gasteiger partial charge in [0.15, 0.2) is 0 Å². The zero-order chi connectivity index (χ0) is 10.6. The number of aliphatic carboxylic acids is 1. The Bertz CT molecular complexity index is 372. The van der Waals surface area contributed by atoms with Gasteiger partial charge in [-0.15, -0.1) is 0 Å². The van der Waals surface area contributed by atoms with E-state index in [1.165, 1.54) is 6.08 Å². The van der Waals surface area contributed by atoms with Crippen LogP contribution in [0.25, 0.3) is 6.08 Å². The van der Waals surface area contributed by atoms with E-state index in [0.29, 0.717) is 5.69 Å². The van der Waals surface area contributed by atoms with E-state index in [1.807, 2.05) is 0 Å². The summed E-state index contributed by atoms with van der Waals surface area (Å²) in [5.41, 5.74) is 7.88. The third-order valence-electron chi connectivity index (χ3n) is 1.77. The van der Waals surface area contributed by atoms with Crippen molar-refractivity contribution in [3.63, 3.8) is 0 Å². The van der Waals surface area contributed by atoms with E-state index in [-0.39, 0.29) is 0 Å². The summed E-state index contributed by atoms with van der Waals surface area (Å²) in [7, 11) is 1.76. The zero-order valence-electron chi connectivity index (χ0n) is 7.82. The molecule has 0 saturated heterocycles. The summed E-state index contributed by atoms with van der Waals surface area (Å²) in [6, 6.07) is 5.28. The van der Waals surface area contributed by atoms with Crippen LogP contribution in [0, 0.1) is 0 Å². The number of rotatable bonds is 3. The second-order valence-electron chi connectivity index (χ2n) is 2.77. The summed E-state index contributed by atoms with van der Waals surface area (Å²) in [6.45, 7) is 0. The molecule has 74 valence electrons. The van der Waals surface area contributed by atoms with Crippen LogP contribution in [0.3, 0.4) is 0 Å². The normalized spacial score (nSPS) is 10.4. The second-order valence-corrected chi connectivity index (χ2v) is 2.77. The summed E-state index contributed by atoms with van der Waals surface area (Å²) in [6.07, 6.45) is 2.60. The third-order valence-corrected chi connectivity index (χ3v) is 1.77. The van der Waals surface area contributed by atoms with Crippen LogP contribution in [-0.4, -0.2) is 18.1 Å². The van der Waals surface area contributed by atoms with Crippen LogP contribution in [0.15, 0.2) is 24.3 Å². The van der Waals surface area contributed by atoms with Crippen LogP contribution in [0.1, 0.15) is 5.56 Å². The van der Waals surface area contributed by atoms with Crippen molar-refractivity contribution in [2.24, 2.45) is 0 Å². The third kappa shape index (κ3) is 2.52. The van der Waals surface area contributed by atoms with Gasteiger partial charge in [0.2, 0.25) is 0 Å². The number of carboxylic acid groups (broad SMARTS) is 1. The number of nitrogens with one attached hydrogen (secondary N) is 1. The molecule has 0 bridgehead atoms. The minimum Gasteiger partial charge on any atom is -0.478 e. The molecule has 0 atom stereocenters. The molecule has 14 heavy (non-hydrogen) atoms. The summed E-state index contributed by atoms with van der Waals surface area (Å²) in [5, 5.41) is 11.3. The molecule has 4 nitrogen and oxygen atoms in total. The first kappa shape index (κ1) is 10.1. The summed E-state index contributed by atoms with van der Waals surface area (Å²) in [4.78, 5) is 10.3. The van der Waals surface area contributed by atoms with Crippen LogP contribution in [0.4, 0.5) is 11.4 Å². The molecule has 0 fully saturated rings. The maximum Gasteiger partial charge on any atom is 0.328 e. The van der Waals surface area contributed by atoms with Crippen molar-refractivity contribution in [3.8, 4) is 0 Å². The van der Waals surface area contributed by atoms with E-state index in [0.717, 1.165) is 17.3 Å². The number of anilines is 2. The highest BCUT2D eigenvalue weighted by molar-refractivity contribution is 5.86. The van der Waals surface area contributed by atoms with Gasteiger partial charge in [-0.25, -0.2) is 4.79 Å². The number of hydrogen-bond donors (Lipinski definition) is 3. The van der Waals surface area contributed by atoms with Gasteiger partial charge in [-0.05, 0) is 23.8 Å². The number of nitrogens with two attached hydrogens (primary N) is 1. The molecule has 1 aromatic carbocycles. The fourth-order valence-corrected chi connectivity index (χ4v) is 1.06. The molecule has 0 aliphatic heterocycles. The number of carbonyl (C=O) groups is 1. The number of benzene rings is 1. The Morgan fingerprint density at radius 2 is 2.29 bits per heavy atom. The van der Waals surface area contributed by atoms with Crippen molar-refractivity contribution in [3.05, 3.63) is 29.8 Å². The molecular weight excluding hydrogens is 180 g/mol. The monoisotopic (exact) mass is 192 g/mol. The summed E-state index contributed by atoms with van der Waals surface area (Å²) in [5.74, 6) is -0.965. The molecule has 0 aliphatic rings. The minimum absolute atomic E-state index is 0.639. The fourth-order valence-electron chi connectivity index (χ4n) is 1.06. The van der Waals surface area contributed by atoms with E-state index < -0.39 is 5.97 Å². The van der Waals surface area contributed by atoms with Crippen molar-refractivity contribution in [2.75, 3.05) is 18.1 Å². The first-order valence-corrected chi connectivity index (χ1v) is 4.12. The van der Waals surface area contributed by atoms with Gasteiger partial charge in [-0.1, -0.05) is 6.07 Å². The standard InChI is InChI=1S/C10H12N2O2/c1-12-9-6-7(2-4-8(9)11)3-5-10(13)14/h2-6,12H,11H2,1H3,(H,13,14)/b5-3+. The number of carboxylic acids is 1. The Balaban J connectivity index is 2.95. The zero-order valence-corrected chi connectivity index (χ0v) is 7.82. The Labute approximate surface area is 82.0 Å². The lowest BCUT2D eigenvalue weighted by Crippen LogP contribution is -1.95.